The van der Waals surface area contributed by atoms with Gasteiger partial charge < -0.3 is 0 Å². The summed E-state index contributed by atoms with van der Waals surface area (Å²) < 4.78 is 66.7. The number of aromatic hydroxyl groups is 1. The van der Waals surface area contributed by atoms with Crippen LogP contribution in [0.25, 0.3) is 33.4 Å². The molecule has 5 nitrogen and oxygen atoms in total. The van der Waals surface area contributed by atoms with E-state index in [0.717, 1.165) is 23.0 Å². The SMILES string of the molecule is O=C(O)c1c(F)c(F)c(F)c(F)c1-c1c2ccc(=O)c([As]3SCCS3)c-2oc2c([As]3SCCS3)c(O)ccc12. The zero-order chi connectivity index (χ0) is 27.6. The number of carboxylic acids is 1. The number of rotatable bonds is 4. The van der Waals surface area contributed by atoms with Crippen LogP contribution < -0.4 is 14.1 Å². The molecule has 0 bridgehead atoms. The summed E-state index contributed by atoms with van der Waals surface area (Å²) in [5.74, 6) is -6.96. The average molecular weight is 736 g/mol. The van der Waals surface area contributed by atoms with E-state index in [2.05, 4.69) is 0 Å². The molecule has 0 aromatic heterocycles. The number of hydrogen-bond donors (Lipinski definition) is 2. The zero-order valence-electron chi connectivity index (χ0n) is 19.3. The molecule has 2 aromatic carbocycles. The van der Waals surface area contributed by atoms with Gasteiger partial charge in [0.15, 0.2) is 0 Å². The van der Waals surface area contributed by atoms with E-state index >= 15 is 4.39 Å². The molecule has 202 valence electrons. The van der Waals surface area contributed by atoms with Gasteiger partial charge in [0.05, 0.1) is 0 Å². The van der Waals surface area contributed by atoms with Crippen molar-refractivity contribution in [2.24, 2.45) is 0 Å². The molecule has 0 radical (unpaired) electrons. The fraction of sp³-hybridized carbons (Fsp3) is 0.167. The number of aromatic carboxylic acids is 1. The second-order valence-corrected chi connectivity index (χ2v) is 31.4. The Morgan fingerprint density at radius 1 is 0.795 bits per heavy atom. The molecule has 0 atom stereocenters. The summed E-state index contributed by atoms with van der Waals surface area (Å²) in [4.78, 5) is 25.3. The Labute approximate surface area is 240 Å². The number of halogens is 4. The molecule has 15 heteroatoms. The third-order valence-electron chi connectivity index (χ3n) is 6.04. The first-order valence-corrected chi connectivity index (χ1v) is 26.0. The van der Waals surface area contributed by atoms with Crippen LogP contribution in [0.5, 0.6) is 5.75 Å². The number of phenols is 1. The van der Waals surface area contributed by atoms with Crippen molar-refractivity contribution >= 4 is 90.4 Å². The third-order valence-corrected chi connectivity index (χ3v) is 33.2. The van der Waals surface area contributed by atoms with Crippen molar-refractivity contribution in [3.8, 4) is 28.2 Å². The summed E-state index contributed by atoms with van der Waals surface area (Å²) in [6.45, 7) is 0. The van der Waals surface area contributed by atoms with E-state index in [-0.39, 0.29) is 39.0 Å². The van der Waals surface area contributed by atoms with Gasteiger partial charge in [0.25, 0.3) is 0 Å². The van der Waals surface area contributed by atoms with Crippen molar-refractivity contribution in [1.29, 1.82) is 0 Å². The van der Waals surface area contributed by atoms with Crippen LogP contribution in [-0.4, -0.2) is 63.9 Å². The Kier molecular flexibility index (Phi) is 7.70. The zero-order valence-corrected chi connectivity index (χ0v) is 26.3. The van der Waals surface area contributed by atoms with Crippen LogP contribution in [-0.2, 0) is 0 Å². The van der Waals surface area contributed by atoms with Crippen molar-refractivity contribution in [1.82, 2.24) is 0 Å². The van der Waals surface area contributed by atoms with Crippen LogP contribution in [0.15, 0.2) is 33.5 Å². The molecule has 2 N–H and O–H groups in total. The molecule has 1 aliphatic carbocycles. The van der Waals surface area contributed by atoms with Gasteiger partial charge in [-0.15, -0.1) is 0 Å². The van der Waals surface area contributed by atoms with Gasteiger partial charge in [0.1, 0.15) is 0 Å². The predicted molar refractivity (Wildman–Crippen MR) is 154 cm³/mol. The Bertz CT molecular complexity index is 1710. The van der Waals surface area contributed by atoms with Gasteiger partial charge in [0.2, 0.25) is 0 Å². The second-order valence-electron chi connectivity index (χ2n) is 8.23. The Balaban J connectivity index is 1.84. The normalized spacial score (nSPS) is 16.6. The third kappa shape index (κ3) is 4.52. The van der Waals surface area contributed by atoms with E-state index in [0.29, 0.717) is 8.70 Å². The van der Waals surface area contributed by atoms with Crippen molar-refractivity contribution in [2.75, 3.05) is 23.0 Å². The second kappa shape index (κ2) is 10.8. The first-order valence-electron chi connectivity index (χ1n) is 11.2. The van der Waals surface area contributed by atoms with E-state index < -0.39 is 65.0 Å². The minimum absolute atomic E-state index is 0.0721. The van der Waals surface area contributed by atoms with E-state index in [1.54, 1.807) is 40.1 Å². The van der Waals surface area contributed by atoms with E-state index in [4.69, 9.17) is 4.42 Å². The topological polar surface area (TPSA) is 87.7 Å². The van der Waals surface area contributed by atoms with Gasteiger partial charge in [-0.1, -0.05) is 0 Å². The molecule has 6 rings (SSSR count). The summed E-state index contributed by atoms with van der Waals surface area (Å²) in [5, 5.41) is 20.8. The van der Waals surface area contributed by atoms with Crippen LogP contribution in [0.4, 0.5) is 17.6 Å². The molecule has 39 heavy (non-hydrogen) atoms. The molecular formula is C24H14As2F4O5S4. The number of carboxylic acid groups (broad SMARTS) is 1. The van der Waals surface area contributed by atoms with Crippen LogP contribution in [0.3, 0.4) is 0 Å². The van der Waals surface area contributed by atoms with Crippen molar-refractivity contribution < 1.29 is 37.0 Å². The van der Waals surface area contributed by atoms with Gasteiger partial charge in [-0.3, -0.25) is 0 Å². The van der Waals surface area contributed by atoms with Crippen LogP contribution >= 0.6 is 40.1 Å². The number of fused-ring (bicyclic) bond motifs is 2. The Morgan fingerprint density at radius 3 is 2.00 bits per heavy atom. The quantitative estimate of drug-likeness (QED) is 0.100. The number of carbonyl (C=O) groups is 1. The summed E-state index contributed by atoms with van der Waals surface area (Å²) in [5.41, 5.74) is -2.69. The first-order chi connectivity index (χ1) is 18.7. The van der Waals surface area contributed by atoms with Gasteiger partial charge in [0, 0.05) is 0 Å². The molecule has 0 saturated carbocycles. The van der Waals surface area contributed by atoms with Gasteiger partial charge in [-0.25, -0.2) is 0 Å². The molecule has 2 aromatic rings. The number of benzene rings is 3. The van der Waals surface area contributed by atoms with Crippen molar-refractivity contribution in [2.45, 2.75) is 0 Å². The Morgan fingerprint density at radius 2 is 1.38 bits per heavy atom. The number of hydrogen-bond acceptors (Lipinski definition) is 8. The fourth-order valence-corrected chi connectivity index (χ4v) is 34.1. The molecule has 3 heterocycles. The van der Waals surface area contributed by atoms with E-state index in [9.17, 15) is 33.0 Å². The standard InChI is InChI=1S/C24H14As2F4O5S4/c27-18-14(15(24(33)34)19(28)21(30)20(18)29)13-9-1-3-11(31)16(25-36-5-6-37-25)22(9)35-23-10(13)2-4-12(32)17(23)26-38-7-8-39-26/h1-4,31H,5-8H2,(H,33,34). The molecule has 2 saturated heterocycles. The van der Waals surface area contributed by atoms with Crippen LogP contribution in [0, 0.1) is 23.3 Å². The summed E-state index contributed by atoms with van der Waals surface area (Å²) >= 11 is -4.12. The van der Waals surface area contributed by atoms with E-state index in [1.165, 1.54) is 24.3 Å². The predicted octanol–water partition coefficient (Wildman–Crippen LogP) is 4.88. The summed E-state index contributed by atoms with van der Waals surface area (Å²) in [7, 11) is 6.63. The van der Waals surface area contributed by atoms with Crippen molar-refractivity contribution in [3.63, 3.8) is 0 Å². The summed E-state index contributed by atoms with van der Waals surface area (Å²) in [6, 6.07) is 5.28. The van der Waals surface area contributed by atoms with Gasteiger partial charge in [-0.05, 0) is 0 Å². The Hall–Kier alpha value is -1.36. The molecular weight excluding hydrogens is 722 g/mol. The molecule has 3 aliphatic heterocycles. The maximum atomic E-state index is 15.6. The van der Waals surface area contributed by atoms with Gasteiger partial charge in [-0.2, -0.15) is 0 Å². The van der Waals surface area contributed by atoms with Crippen LogP contribution in [0.1, 0.15) is 10.4 Å². The minimum atomic E-state index is -2.23. The molecule has 2 fully saturated rings. The summed E-state index contributed by atoms with van der Waals surface area (Å²) in [6.07, 6.45) is 0. The monoisotopic (exact) mass is 736 g/mol. The van der Waals surface area contributed by atoms with E-state index in [1.807, 2.05) is 0 Å². The molecule has 0 spiro atoms. The molecule has 0 unspecified atom stereocenters. The van der Waals surface area contributed by atoms with Crippen LogP contribution in [0.2, 0.25) is 0 Å². The number of phenolic OH excluding ortho intramolecular Hbond substituents is 1. The molecule has 4 aliphatic rings. The van der Waals surface area contributed by atoms with Crippen molar-refractivity contribution in [3.05, 3.63) is 63.3 Å². The molecule has 0 amide bonds. The van der Waals surface area contributed by atoms with Gasteiger partial charge >= 0.3 is 242 Å². The first kappa shape index (κ1) is 27.8. The average Bonchev–Trinajstić information content (AvgIpc) is 3.63. The maximum absolute atomic E-state index is 15.6. The fourth-order valence-electron chi connectivity index (χ4n) is 4.46.